The van der Waals surface area contributed by atoms with Crippen LogP contribution in [0.1, 0.15) is 16.8 Å². The van der Waals surface area contributed by atoms with Crippen molar-refractivity contribution in [1.29, 1.82) is 0 Å². The van der Waals surface area contributed by atoms with Crippen LogP contribution >= 0.6 is 11.3 Å². The second kappa shape index (κ2) is 6.31. The number of hydrogen-bond acceptors (Lipinski definition) is 6. The molecule has 2 aromatic rings. The van der Waals surface area contributed by atoms with Gasteiger partial charge >= 0.3 is 0 Å². The maximum Gasteiger partial charge on any atom is 0.254 e. The number of rotatable bonds is 4. The first kappa shape index (κ1) is 14.8. The van der Waals surface area contributed by atoms with Gasteiger partial charge < -0.3 is 14.5 Å². The number of amides is 1. The zero-order valence-corrected chi connectivity index (χ0v) is 13.4. The fraction of sp³-hybridized carbons (Fsp3) is 0.400. The Morgan fingerprint density at radius 2 is 2.23 bits per heavy atom. The van der Waals surface area contributed by atoms with E-state index in [2.05, 4.69) is 10.2 Å². The van der Waals surface area contributed by atoms with Crippen molar-refractivity contribution < 1.29 is 9.53 Å². The first-order valence-corrected chi connectivity index (χ1v) is 8.07. The molecule has 0 bridgehead atoms. The fourth-order valence-electron chi connectivity index (χ4n) is 2.36. The number of nitrogens with zero attached hydrogens (tertiary/aromatic N) is 4. The predicted molar refractivity (Wildman–Crippen MR) is 85.6 cm³/mol. The monoisotopic (exact) mass is 318 g/mol. The Morgan fingerprint density at radius 3 is 2.86 bits per heavy atom. The molecule has 3 rings (SSSR count). The standard InChI is InChI=1S/C15H18N4O2S/c1-18(2)13-3-4-14(17-16-13)21-12-5-7-19(9-12)15(20)11-6-8-22-10-11/h3-4,6,8,10,12H,5,7,9H2,1-2H3. The number of hydrogen-bond donors (Lipinski definition) is 0. The molecule has 7 heteroatoms. The van der Waals surface area contributed by atoms with Crippen molar-refractivity contribution in [2.24, 2.45) is 0 Å². The van der Waals surface area contributed by atoms with Crippen molar-refractivity contribution in [3.8, 4) is 5.88 Å². The summed E-state index contributed by atoms with van der Waals surface area (Å²) < 4.78 is 5.82. The van der Waals surface area contributed by atoms with Gasteiger partial charge in [0, 0.05) is 38.5 Å². The second-order valence-electron chi connectivity index (χ2n) is 5.42. The molecule has 22 heavy (non-hydrogen) atoms. The molecule has 0 aromatic carbocycles. The minimum Gasteiger partial charge on any atom is -0.471 e. The molecule has 0 saturated carbocycles. The van der Waals surface area contributed by atoms with Crippen LogP contribution in [0.3, 0.4) is 0 Å². The highest BCUT2D eigenvalue weighted by Crippen LogP contribution is 2.20. The molecule has 1 aliphatic rings. The van der Waals surface area contributed by atoms with Gasteiger partial charge in [0.15, 0.2) is 5.82 Å². The Morgan fingerprint density at radius 1 is 1.36 bits per heavy atom. The van der Waals surface area contributed by atoms with Crippen LogP contribution < -0.4 is 9.64 Å². The van der Waals surface area contributed by atoms with E-state index in [9.17, 15) is 4.79 Å². The van der Waals surface area contributed by atoms with Crippen molar-refractivity contribution in [1.82, 2.24) is 15.1 Å². The van der Waals surface area contributed by atoms with Crippen LogP contribution in [0.15, 0.2) is 29.0 Å². The third-order valence-corrected chi connectivity index (χ3v) is 4.26. The summed E-state index contributed by atoms with van der Waals surface area (Å²) in [6.07, 6.45) is 0.787. The lowest BCUT2D eigenvalue weighted by atomic mass is 10.3. The van der Waals surface area contributed by atoms with Gasteiger partial charge in [-0.1, -0.05) is 0 Å². The molecule has 116 valence electrons. The average molecular weight is 318 g/mol. The van der Waals surface area contributed by atoms with Gasteiger partial charge in [-0.25, -0.2) is 0 Å². The van der Waals surface area contributed by atoms with Crippen LogP contribution in [0.4, 0.5) is 5.82 Å². The quantitative estimate of drug-likeness (QED) is 0.862. The zero-order chi connectivity index (χ0) is 15.5. The Bertz CT molecular complexity index is 628. The molecule has 0 radical (unpaired) electrons. The molecule has 1 unspecified atom stereocenters. The van der Waals surface area contributed by atoms with E-state index in [0.29, 0.717) is 19.0 Å². The molecular formula is C15H18N4O2S. The highest BCUT2D eigenvalue weighted by molar-refractivity contribution is 7.08. The summed E-state index contributed by atoms with van der Waals surface area (Å²) in [5, 5.41) is 11.9. The molecule has 1 fully saturated rings. The van der Waals surface area contributed by atoms with Crippen molar-refractivity contribution in [2.75, 3.05) is 32.1 Å². The minimum absolute atomic E-state index is 0.0258. The molecule has 3 heterocycles. The van der Waals surface area contributed by atoms with Gasteiger partial charge in [0.2, 0.25) is 5.88 Å². The average Bonchev–Trinajstić information content (AvgIpc) is 3.19. The van der Waals surface area contributed by atoms with E-state index >= 15 is 0 Å². The zero-order valence-electron chi connectivity index (χ0n) is 12.6. The normalized spacial score (nSPS) is 17.5. The van der Waals surface area contributed by atoms with E-state index in [1.54, 1.807) is 0 Å². The van der Waals surface area contributed by atoms with Gasteiger partial charge in [0.1, 0.15) is 6.10 Å². The third kappa shape index (κ3) is 3.19. The first-order chi connectivity index (χ1) is 10.6. The van der Waals surface area contributed by atoms with E-state index in [0.717, 1.165) is 17.8 Å². The van der Waals surface area contributed by atoms with Crippen molar-refractivity contribution in [3.63, 3.8) is 0 Å². The van der Waals surface area contributed by atoms with Gasteiger partial charge in [-0.3, -0.25) is 4.79 Å². The minimum atomic E-state index is -0.0258. The molecule has 1 saturated heterocycles. The van der Waals surface area contributed by atoms with Crippen LogP contribution in [0.2, 0.25) is 0 Å². The van der Waals surface area contributed by atoms with Crippen LogP contribution in [-0.2, 0) is 0 Å². The highest BCUT2D eigenvalue weighted by Gasteiger charge is 2.28. The summed E-state index contributed by atoms with van der Waals surface area (Å²) >= 11 is 1.53. The molecule has 0 aliphatic carbocycles. The molecular weight excluding hydrogens is 300 g/mol. The highest BCUT2D eigenvalue weighted by atomic mass is 32.1. The maximum atomic E-state index is 12.3. The number of likely N-dealkylation sites (tertiary alicyclic amines) is 1. The van der Waals surface area contributed by atoms with Crippen LogP contribution in [-0.4, -0.2) is 54.3 Å². The number of carbonyl (C=O) groups is 1. The Balaban J connectivity index is 1.58. The van der Waals surface area contributed by atoms with Crippen LogP contribution in [0, 0.1) is 0 Å². The number of carbonyl (C=O) groups excluding carboxylic acids is 1. The molecule has 0 spiro atoms. The van der Waals surface area contributed by atoms with Crippen molar-refractivity contribution in [2.45, 2.75) is 12.5 Å². The van der Waals surface area contributed by atoms with E-state index in [1.807, 2.05) is 52.9 Å². The van der Waals surface area contributed by atoms with E-state index in [1.165, 1.54) is 11.3 Å². The van der Waals surface area contributed by atoms with Gasteiger partial charge in [0.25, 0.3) is 5.91 Å². The third-order valence-electron chi connectivity index (χ3n) is 3.57. The predicted octanol–water partition coefficient (Wildman–Crippen LogP) is 1.90. The number of thiophene rings is 1. The van der Waals surface area contributed by atoms with Crippen molar-refractivity contribution >= 4 is 23.1 Å². The van der Waals surface area contributed by atoms with Crippen LogP contribution in [0.5, 0.6) is 5.88 Å². The lowest BCUT2D eigenvalue weighted by Crippen LogP contribution is -2.30. The lowest BCUT2D eigenvalue weighted by Gasteiger charge is -2.16. The first-order valence-electron chi connectivity index (χ1n) is 7.12. The van der Waals surface area contributed by atoms with Gasteiger partial charge in [0.05, 0.1) is 12.1 Å². The lowest BCUT2D eigenvalue weighted by molar-refractivity contribution is 0.0771. The molecule has 1 aliphatic heterocycles. The molecule has 6 nitrogen and oxygen atoms in total. The molecule has 1 atom stereocenters. The maximum absolute atomic E-state index is 12.3. The SMILES string of the molecule is CN(C)c1ccc(OC2CCN(C(=O)c3ccsc3)C2)nn1. The second-order valence-corrected chi connectivity index (χ2v) is 6.20. The van der Waals surface area contributed by atoms with Crippen molar-refractivity contribution in [3.05, 3.63) is 34.5 Å². The number of aromatic nitrogens is 2. The summed E-state index contributed by atoms with van der Waals surface area (Å²) in [6, 6.07) is 5.53. The number of anilines is 1. The van der Waals surface area contributed by atoms with Gasteiger partial charge in [-0.15, -0.1) is 10.2 Å². The summed E-state index contributed by atoms with van der Waals surface area (Å²) in [5.41, 5.74) is 0.751. The fourth-order valence-corrected chi connectivity index (χ4v) is 2.99. The Labute approximate surface area is 133 Å². The number of ether oxygens (including phenoxy) is 1. The topological polar surface area (TPSA) is 58.6 Å². The summed E-state index contributed by atoms with van der Waals surface area (Å²) in [4.78, 5) is 16.0. The summed E-state index contributed by atoms with van der Waals surface area (Å²) in [5.74, 6) is 1.36. The van der Waals surface area contributed by atoms with Crippen LogP contribution in [0.25, 0.3) is 0 Å². The van der Waals surface area contributed by atoms with Gasteiger partial charge in [-0.05, 0) is 17.5 Å². The molecule has 2 aromatic heterocycles. The summed E-state index contributed by atoms with van der Waals surface area (Å²) in [7, 11) is 3.82. The van der Waals surface area contributed by atoms with E-state index < -0.39 is 0 Å². The van der Waals surface area contributed by atoms with E-state index in [4.69, 9.17) is 4.74 Å². The smallest absolute Gasteiger partial charge is 0.254 e. The largest absolute Gasteiger partial charge is 0.471 e. The summed E-state index contributed by atoms with van der Waals surface area (Å²) in [6.45, 7) is 1.30. The van der Waals surface area contributed by atoms with Gasteiger partial charge in [-0.2, -0.15) is 11.3 Å². The van der Waals surface area contributed by atoms with E-state index in [-0.39, 0.29) is 12.0 Å². The Kier molecular flexibility index (Phi) is 4.24. The Hall–Kier alpha value is -2.15. The molecule has 0 N–H and O–H groups in total. The molecule has 1 amide bonds.